The van der Waals surface area contributed by atoms with Gasteiger partial charge in [0, 0.05) is 21.8 Å². The number of sulfone groups is 1. The lowest BCUT2D eigenvalue weighted by Crippen LogP contribution is -2.37. The van der Waals surface area contributed by atoms with E-state index in [0.717, 1.165) is 4.47 Å². The van der Waals surface area contributed by atoms with E-state index in [0.29, 0.717) is 5.56 Å². The highest BCUT2D eigenvalue weighted by Crippen LogP contribution is 2.10. The van der Waals surface area contributed by atoms with Gasteiger partial charge in [0.05, 0.1) is 5.75 Å². The molecule has 6 heteroatoms. The molecular formula is C12H16BrNO3S. The smallest absolute Gasteiger partial charge is 0.251 e. The van der Waals surface area contributed by atoms with Crippen LogP contribution in [0.4, 0.5) is 0 Å². The Hall–Kier alpha value is -0.880. The van der Waals surface area contributed by atoms with Crippen molar-refractivity contribution in [3.8, 4) is 0 Å². The monoisotopic (exact) mass is 333 g/mol. The molecule has 18 heavy (non-hydrogen) atoms. The zero-order valence-corrected chi connectivity index (χ0v) is 12.7. The lowest BCUT2D eigenvalue weighted by molar-refractivity contribution is 0.0943. The zero-order valence-electron chi connectivity index (χ0n) is 10.3. The Morgan fingerprint density at radius 2 is 1.89 bits per heavy atom. The largest absolute Gasteiger partial charge is 0.349 e. The maximum atomic E-state index is 11.8. The van der Waals surface area contributed by atoms with Crippen molar-refractivity contribution >= 4 is 31.7 Å². The molecule has 0 aliphatic rings. The Bertz CT molecular complexity index is 511. The quantitative estimate of drug-likeness (QED) is 0.896. The van der Waals surface area contributed by atoms with E-state index in [1.807, 2.05) is 0 Å². The van der Waals surface area contributed by atoms with E-state index >= 15 is 0 Å². The van der Waals surface area contributed by atoms with Crippen LogP contribution in [0.5, 0.6) is 0 Å². The van der Waals surface area contributed by atoms with Crippen molar-refractivity contribution in [3.05, 3.63) is 34.3 Å². The summed E-state index contributed by atoms with van der Waals surface area (Å²) >= 11 is 3.28. The summed E-state index contributed by atoms with van der Waals surface area (Å²) < 4.78 is 23.7. The molecule has 0 saturated heterocycles. The number of hydrogen-bond donors (Lipinski definition) is 1. The summed E-state index contributed by atoms with van der Waals surface area (Å²) in [5.74, 6) is -0.210. The standard InChI is InChI=1S/C12H16BrNO3S/c1-3-18(16,17)8-9(2)14-12(15)10-4-6-11(13)7-5-10/h4-7,9H,3,8H2,1-2H3,(H,14,15)/t9-/m0/s1. The van der Waals surface area contributed by atoms with Gasteiger partial charge >= 0.3 is 0 Å². The van der Waals surface area contributed by atoms with E-state index in [9.17, 15) is 13.2 Å². The molecule has 4 nitrogen and oxygen atoms in total. The van der Waals surface area contributed by atoms with Crippen LogP contribution in [-0.4, -0.2) is 31.9 Å². The summed E-state index contributed by atoms with van der Waals surface area (Å²) in [7, 11) is -3.08. The number of benzene rings is 1. The molecule has 1 aromatic rings. The summed E-state index contributed by atoms with van der Waals surface area (Å²) in [6.45, 7) is 3.28. The summed E-state index contributed by atoms with van der Waals surface area (Å²) in [5, 5.41) is 2.67. The lowest BCUT2D eigenvalue weighted by atomic mass is 10.2. The van der Waals surface area contributed by atoms with Crippen LogP contribution >= 0.6 is 15.9 Å². The van der Waals surface area contributed by atoms with Crippen molar-refractivity contribution in [3.63, 3.8) is 0 Å². The van der Waals surface area contributed by atoms with E-state index in [4.69, 9.17) is 0 Å². The van der Waals surface area contributed by atoms with Crippen LogP contribution < -0.4 is 5.32 Å². The van der Waals surface area contributed by atoms with E-state index in [1.54, 1.807) is 38.1 Å². The van der Waals surface area contributed by atoms with Gasteiger partial charge in [-0.15, -0.1) is 0 Å². The van der Waals surface area contributed by atoms with Crippen LogP contribution in [0.15, 0.2) is 28.7 Å². The Kier molecular flexibility index (Phi) is 5.34. The second-order valence-corrected chi connectivity index (χ2v) is 7.39. The van der Waals surface area contributed by atoms with Crippen molar-refractivity contribution in [2.45, 2.75) is 19.9 Å². The third kappa shape index (κ3) is 4.78. The lowest BCUT2D eigenvalue weighted by Gasteiger charge is -2.13. The first-order valence-corrected chi connectivity index (χ1v) is 8.22. The number of halogens is 1. The molecule has 0 spiro atoms. The van der Waals surface area contributed by atoms with Gasteiger partial charge < -0.3 is 5.32 Å². The van der Waals surface area contributed by atoms with Crippen molar-refractivity contribution < 1.29 is 13.2 Å². The fraction of sp³-hybridized carbons (Fsp3) is 0.417. The minimum absolute atomic E-state index is 0.0359. The van der Waals surface area contributed by atoms with Gasteiger partial charge in [0.25, 0.3) is 5.91 Å². The third-order valence-corrected chi connectivity index (χ3v) is 4.84. The van der Waals surface area contributed by atoms with Gasteiger partial charge in [0.1, 0.15) is 0 Å². The van der Waals surface area contributed by atoms with Gasteiger partial charge in [-0.25, -0.2) is 8.42 Å². The predicted molar refractivity (Wildman–Crippen MR) is 75.4 cm³/mol. The topological polar surface area (TPSA) is 63.2 Å². The maximum absolute atomic E-state index is 11.8. The molecule has 1 amide bonds. The van der Waals surface area contributed by atoms with E-state index in [2.05, 4.69) is 21.2 Å². The van der Waals surface area contributed by atoms with Crippen LogP contribution in [-0.2, 0) is 9.84 Å². The van der Waals surface area contributed by atoms with Crippen molar-refractivity contribution in [2.75, 3.05) is 11.5 Å². The van der Waals surface area contributed by atoms with E-state index < -0.39 is 15.9 Å². The van der Waals surface area contributed by atoms with E-state index in [1.165, 1.54) is 0 Å². The summed E-state index contributed by atoms with van der Waals surface area (Å²) in [6, 6.07) is 6.50. The first-order chi connectivity index (χ1) is 8.34. The number of carbonyl (C=O) groups is 1. The molecule has 100 valence electrons. The Morgan fingerprint density at radius 3 is 2.39 bits per heavy atom. The zero-order chi connectivity index (χ0) is 13.8. The van der Waals surface area contributed by atoms with E-state index in [-0.39, 0.29) is 17.4 Å². The van der Waals surface area contributed by atoms with Crippen molar-refractivity contribution in [2.24, 2.45) is 0 Å². The molecular weight excluding hydrogens is 318 g/mol. The van der Waals surface area contributed by atoms with Gasteiger partial charge in [-0.05, 0) is 31.2 Å². The molecule has 1 atom stereocenters. The average molecular weight is 334 g/mol. The highest BCUT2D eigenvalue weighted by molar-refractivity contribution is 9.10. The molecule has 1 N–H and O–H groups in total. The van der Waals surface area contributed by atoms with Crippen molar-refractivity contribution in [1.82, 2.24) is 5.32 Å². The predicted octanol–water partition coefficient (Wildman–Crippen LogP) is 2.00. The fourth-order valence-corrected chi connectivity index (χ4v) is 2.79. The molecule has 0 heterocycles. The molecule has 0 aliphatic carbocycles. The molecule has 0 radical (unpaired) electrons. The number of nitrogens with one attached hydrogen (secondary N) is 1. The summed E-state index contributed by atoms with van der Waals surface area (Å²) in [4.78, 5) is 11.8. The first kappa shape index (κ1) is 15.2. The van der Waals surface area contributed by atoms with Crippen LogP contribution in [0.2, 0.25) is 0 Å². The number of hydrogen-bond acceptors (Lipinski definition) is 3. The number of carbonyl (C=O) groups excluding carboxylic acids is 1. The van der Waals surface area contributed by atoms with Gasteiger partial charge in [0.15, 0.2) is 9.84 Å². The Labute approximate surface area is 116 Å². The van der Waals surface area contributed by atoms with Crippen LogP contribution in [0.25, 0.3) is 0 Å². The second-order valence-electron chi connectivity index (χ2n) is 4.08. The molecule has 0 saturated carbocycles. The van der Waals surface area contributed by atoms with Crippen molar-refractivity contribution in [1.29, 1.82) is 0 Å². The SMILES string of the molecule is CCS(=O)(=O)C[C@H](C)NC(=O)c1ccc(Br)cc1. The van der Waals surface area contributed by atoms with Crippen LogP contribution in [0.1, 0.15) is 24.2 Å². The van der Waals surface area contributed by atoms with Gasteiger partial charge in [-0.3, -0.25) is 4.79 Å². The summed E-state index contributed by atoms with van der Waals surface area (Å²) in [5.41, 5.74) is 0.513. The van der Waals surface area contributed by atoms with Crippen LogP contribution in [0, 0.1) is 0 Å². The molecule has 0 fully saturated rings. The molecule has 0 aromatic heterocycles. The van der Waals surface area contributed by atoms with Crippen LogP contribution in [0.3, 0.4) is 0 Å². The highest BCUT2D eigenvalue weighted by atomic mass is 79.9. The minimum atomic E-state index is -3.08. The second kappa shape index (κ2) is 6.33. The minimum Gasteiger partial charge on any atom is -0.349 e. The Morgan fingerprint density at radius 1 is 1.33 bits per heavy atom. The highest BCUT2D eigenvalue weighted by Gasteiger charge is 2.16. The molecule has 1 aromatic carbocycles. The molecule has 0 aliphatic heterocycles. The Balaban J connectivity index is 2.62. The average Bonchev–Trinajstić information content (AvgIpc) is 2.29. The normalized spacial score (nSPS) is 13.1. The molecule has 1 rings (SSSR count). The molecule has 0 bridgehead atoms. The summed E-state index contributed by atoms with van der Waals surface area (Å²) in [6.07, 6.45) is 0. The maximum Gasteiger partial charge on any atom is 0.251 e. The number of amides is 1. The van der Waals surface area contributed by atoms with Gasteiger partial charge in [-0.1, -0.05) is 22.9 Å². The fourth-order valence-electron chi connectivity index (χ4n) is 1.45. The third-order valence-electron chi connectivity index (χ3n) is 2.43. The number of rotatable bonds is 5. The van der Waals surface area contributed by atoms with Gasteiger partial charge in [0.2, 0.25) is 0 Å². The molecule has 0 unspecified atom stereocenters. The first-order valence-electron chi connectivity index (χ1n) is 5.61. The van der Waals surface area contributed by atoms with Gasteiger partial charge in [-0.2, -0.15) is 0 Å².